The van der Waals surface area contributed by atoms with E-state index in [1.807, 2.05) is 24.3 Å². The lowest BCUT2D eigenvalue weighted by Gasteiger charge is -2.19. The number of rotatable bonds is 8. The molecule has 33 heavy (non-hydrogen) atoms. The van der Waals surface area contributed by atoms with Crippen molar-refractivity contribution in [1.29, 1.82) is 0 Å². The number of carbonyl (C=O) groups is 1. The van der Waals surface area contributed by atoms with Crippen LogP contribution in [0.25, 0.3) is 0 Å². The van der Waals surface area contributed by atoms with Crippen molar-refractivity contribution >= 4 is 38.9 Å². The van der Waals surface area contributed by atoms with Gasteiger partial charge in [-0.3, -0.25) is 9.52 Å². The minimum atomic E-state index is -3.81. The molecule has 0 saturated carbocycles. The van der Waals surface area contributed by atoms with E-state index in [1.165, 1.54) is 24.3 Å². The van der Waals surface area contributed by atoms with Crippen molar-refractivity contribution in [3.05, 3.63) is 82.9 Å². The minimum absolute atomic E-state index is 0.0648. The number of halogens is 1. The van der Waals surface area contributed by atoms with Crippen LogP contribution in [-0.4, -0.2) is 20.4 Å². The van der Waals surface area contributed by atoms with Crippen LogP contribution in [0, 0.1) is 6.92 Å². The molecule has 0 aromatic heterocycles. The monoisotopic (exact) mass is 486 g/mol. The van der Waals surface area contributed by atoms with Crippen LogP contribution in [0.3, 0.4) is 0 Å². The van der Waals surface area contributed by atoms with Crippen LogP contribution in [0.4, 0.5) is 11.4 Å². The van der Waals surface area contributed by atoms with Gasteiger partial charge in [0.05, 0.1) is 10.6 Å². The molecule has 0 spiro atoms. The molecule has 3 aromatic rings. The van der Waals surface area contributed by atoms with Gasteiger partial charge in [0.1, 0.15) is 5.75 Å². The van der Waals surface area contributed by atoms with Crippen LogP contribution in [-0.2, 0) is 14.8 Å². The van der Waals surface area contributed by atoms with E-state index >= 15 is 0 Å². The Morgan fingerprint density at radius 2 is 1.61 bits per heavy atom. The van der Waals surface area contributed by atoms with Gasteiger partial charge >= 0.3 is 0 Å². The zero-order valence-corrected chi connectivity index (χ0v) is 20.5. The fourth-order valence-corrected chi connectivity index (χ4v) is 4.49. The maximum Gasteiger partial charge on any atom is 0.265 e. The highest BCUT2D eigenvalue weighted by Crippen LogP contribution is 2.28. The number of sulfonamides is 1. The summed E-state index contributed by atoms with van der Waals surface area (Å²) in [6, 6.07) is 18.6. The third-order valence-corrected chi connectivity index (χ3v) is 6.95. The van der Waals surface area contributed by atoms with Crippen molar-refractivity contribution in [3.63, 3.8) is 0 Å². The van der Waals surface area contributed by atoms with Gasteiger partial charge in [-0.25, -0.2) is 8.42 Å². The third-order valence-electron chi connectivity index (χ3n) is 5.16. The molecule has 1 amide bonds. The van der Waals surface area contributed by atoms with Gasteiger partial charge in [0.2, 0.25) is 0 Å². The van der Waals surface area contributed by atoms with Crippen molar-refractivity contribution in [2.45, 2.75) is 44.6 Å². The van der Waals surface area contributed by atoms with Crippen molar-refractivity contribution in [2.75, 3.05) is 10.0 Å². The van der Waals surface area contributed by atoms with Gasteiger partial charge in [-0.15, -0.1) is 0 Å². The lowest BCUT2D eigenvalue weighted by atomic mass is 10.0. The van der Waals surface area contributed by atoms with Gasteiger partial charge in [-0.2, -0.15) is 0 Å². The second kappa shape index (κ2) is 10.3. The molecule has 0 aliphatic carbocycles. The molecular weight excluding hydrogens is 460 g/mol. The van der Waals surface area contributed by atoms with Crippen molar-refractivity contribution in [1.82, 2.24) is 0 Å². The summed E-state index contributed by atoms with van der Waals surface area (Å²) in [6.45, 7) is 7.53. The zero-order valence-electron chi connectivity index (χ0n) is 18.9. The van der Waals surface area contributed by atoms with Crippen LogP contribution in [0.15, 0.2) is 71.6 Å². The lowest BCUT2D eigenvalue weighted by molar-refractivity contribution is -0.122. The van der Waals surface area contributed by atoms with Crippen molar-refractivity contribution in [3.8, 4) is 5.75 Å². The molecule has 0 bridgehead atoms. The zero-order chi connectivity index (χ0) is 24.2. The summed E-state index contributed by atoms with van der Waals surface area (Å²) < 4.78 is 33.9. The van der Waals surface area contributed by atoms with E-state index in [2.05, 4.69) is 23.9 Å². The minimum Gasteiger partial charge on any atom is -0.481 e. The molecule has 0 saturated heterocycles. The highest BCUT2D eigenvalue weighted by molar-refractivity contribution is 7.92. The number of carbonyl (C=O) groups excluding carboxylic acids is 1. The molecule has 1 atom stereocenters. The molecule has 0 fully saturated rings. The molecule has 3 aromatic carbocycles. The van der Waals surface area contributed by atoms with Gasteiger partial charge in [0, 0.05) is 10.7 Å². The second-order valence-corrected chi connectivity index (χ2v) is 10.1. The summed E-state index contributed by atoms with van der Waals surface area (Å²) >= 11 is 6.07. The van der Waals surface area contributed by atoms with E-state index < -0.39 is 16.1 Å². The predicted octanol–water partition coefficient (Wildman–Crippen LogP) is 5.98. The normalized spacial score (nSPS) is 12.3. The average Bonchev–Trinajstić information content (AvgIpc) is 2.77. The quantitative estimate of drug-likeness (QED) is 0.410. The van der Waals surface area contributed by atoms with E-state index in [9.17, 15) is 13.2 Å². The van der Waals surface area contributed by atoms with Crippen molar-refractivity contribution < 1.29 is 17.9 Å². The van der Waals surface area contributed by atoms with Crippen LogP contribution in [0.1, 0.15) is 37.8 Å². The van der Waals surface area contributed by atoms with E-state index in [0.29, 0.717) is 27.7 Å². The van der Waals surface area contributed by atoms with Gasteiger partial charge in [-0.1, -0.05) is 49.7 Å². The highest BCUT2D eigenvalue weighted by Gasteiger charge is 2.19. The molecule has 0 aliphatic rings. The molecule has 8 heteroatoms. The van der Waals surface area contributed by atoms with Crippen LogP contribution in [0.2, 0.25) is 5.02 Å². The Morgan fingerprint density at radius 3 is 2.27 bits per heavy atom. The molecular formula is C25H27ClN2O4S. The van der Waals surface area contributed by atoms with Gasteiger partial charge in [0.25, 0.3) is 15.9 Å². The van der Waals surface area contributed by atoms with Gasteiger partial charge < -0.3 is 10.1 Å². The van der Waals surface area contributed by atoms with Crippen LogP contribution in [0.5, 0.6) is 5.75 Å². The number of amides is 1. The summed E-state index contributed by atoms with van der Waals surface area (Å²) in [4.78, 5) is 12.7. The second-order valence-electron chi connectivity index (χ2n) is 7.98. The highest BCUT2D eigenvalue weighted by atomic mass is 35.5. The van der Waals surface area contributed by atoms with E-state index in [4.69, 9.17) is 16.3 Å². The molecule has 0 unspecified atom stereocenters. The first kappa shape index (κ1) is 24.6. The number of ether oxygens (including phenoxy) is 1. The molecule has 3 rings (SSSR count). The van der Waals surface area contributed by atoms with E-state index in [1.54, 1.807) is 32.0 Å². The summed E-state index contributed by atoms with van der Waals surface area (Å²) in [5.41, 5.74) is 2.53. The molecule has 2 N–H and O–H groups in total. The summed E-state index contributed by atoms with van der Waals surface area (Å²) in [5.74, 6) is 0.589. The topological polar surface area (TPSA) is 84.5 Å². The lowest BCUT2D eigenvalue weighted by Crippen LogP contribution is -2.30. The Kier molecular flexibility index (Phi) is 7.66. The number of hydrogen-bond acceptors (Lipinski definition) is 4. The number of anilines is 2. The smallest absolute Gasteiger partial charge is 0.265 e. The Hall–Kier alpha value is -3.03. The van der Waals surface area contributed by atoms with Gasteiger partial charge in [0.15, 0.2) is 6.10 Å². The Bertz CT molecular complexity index is 1240. The van der Waals surface area contributed by atoms with Crippen LogP contribution < -0.4 is 14.8 Å². The number of nitrogens with one attached hydrogen (secondary N) is 2. The Labute approximate surface area is 200 Å². The predicted molar refractivity (Wildman–Crippen MR) is 133 cm³/mol. The summed E-state index contributed by atoms with van der Waals surface area (Å²) in [5, 5.41) is 3.23. The molecule has 0 aliphatic heterocycles. The largest absolute Gasteiger partial charge is 0.481 e. The standard InChI is InChI=1S/C25H27ClN2O4S/c1-16(2)21-8-5-6-11-24(21)32-18(4)25(29)27-19-12-14-20(15-13-19)33(30,31)28-23-10-7-9-22(26)17(23)3/h5-16,18,28H,1-4H3,(H,27,29)/t18-/m0/s1. The first-order valence-electron chi connectivity index (χ1n) is 10.5. The number of benzene rings is 3. The SMILES string of the molecule is Cc1c(Cl)cccc1NS(=O)(=O)c1ccc(NC(=O)[C@H](C)Oc2ccccc2C(C)C)cc1. The fourth-order valence-electron chi connectivity index (χ4n) is 3.19. The Morgan fingerprint density at radius 1 is 0.939 bits per heavy atom. The third kappa shape index (κ3) is 6.06. The number of para-hydroxylation sites is 1. The molecule has 0 heterocycles. The molecule has 6 nitrogen and oxygen atoms in total. The Balaban J connectivity index is 1.67. The van der Waals surface area contributed by atoms with E-state index in [-0.39, 0.29) is 16.7 Å². The number of hydrogen-bond donors (Lipinski definition) is 2. The maximum absolute atomic E-state index is 12.7. The van der Waals surface area contributed by atoms with Crippen molar-refractivity contribution in [2.24, 2.45) is 0 Å². The summed E-state index contributed by atoms with van der Waals surface area (Å²) in [7, 11) is -3.81. The summed E-state index contributed by atoms with van der Waals surface area (Å²) in [6.07, 6.45) is -0.735. The first-order chi connectivity index (χ1) is 15.6. The van der Waals surface area contributed by atoms with E-state index in [0.717, 1.165) is 5.56 Å². The maximum atomic E-state index is 12.7. The average molecular weight is 487 g/mol. The fraction of sp³-hybridized carbons (Fsp3) is 0.240. The van der Waals surface area contributed by atoms with Gasteiger partial charge in [-0.05, 0) is 73.4 Å². The van der Waals surface area contributed by atoms with Crippen LogP contribution >= 0.6 is 11.6 Å². The first-order valence-corrected chi connectivity index (χ1v) is 12.4. The molecule has 174 valence electrons. The molecule has 0 radical (unpaired) electrons.